The Kier molecular flexibility index (Phi) is 5.27. The molecular formula is C7H14OS2. The van der Waals surface area contributed by atoms with Gasteiger partial charge >= 0.3 is 0 Å². The Hall–Kier alpha value is 0.370. The zero-order chi connectivity index (χ0) is 8.15. The van der Waals surface area contributed by atoms with E-state index >= 15 is 0 Å². The monoisotopic (exact) mass is 178 g/mol. The number of hydrogen-bond donors (Lipinski definition) is 2. The summed E-state index contributed by atoms with van der Waals surface area (Å²) in [6.45, 7) is 3.60. The maximum absolute atomic E-state index is 10.6. The van der Waals surface area contributed by atoms with Crippen LogP contribution in [-0.4, -0.2) is 16.3 Å². The van der Waals surface area contributed by atoms with Crippen molar-refractivity contribution >= 4 is 31.0 Å². The van der Waals surface area contributed by atoms with E-state index in [1.165, 1.54) is 0 Å². The van der Waals surface area contributed by atoms with E-state index in [1.54, 1.807) is 6.92 Å². The predicted octanol–water partition coefficient (Wildman–Crippen LogP) is 1.97. The zero-order valence-electron chi connectivity index (χ0n) is 6.37. The summed E-state index contributed by atoms with van der Waals surface area (Å²) < 4.78 is 0. The Labute approximate surface area is 73.4 Å². The van der Waals surface area contributed by atoms with Crippen LogP contribution in [0.3, 0.4) is 0 Å². The number of rotatable bonds is 4. The Balaban J connectivity index is 3.43. The van der Waals surface area contributed by atoms with Crippen molar-refractivity contribution in [2.24, 2.45) is 0 Å². The van der Waals surface area contributed by atoms with E-state index < -0.39 is 0 Å². The summed E-state index contributed by atoms with van der Waals surface area (Å²) in [5, 5.41) is 0.520. The molecule has 0 aliphatic carbocycles. The van der Waals surface area contributed by atoms with E-state index in [0.717, 1.165) is 6.42 Å². The van der Waals surface area contributed by atoms with Crippen LogP contribution in [0.15, 0.2) is 0 Å². The third-order valence-corrected chi connectivity index (χ3v) is 1.74. The molecule has 2 atom stereocenters. The van der Waals surface area contributed by atoms with Crippen molar-refractivity contribution in [2.45, 2.75) is 37.2 Å². The first kappa shape index (κ1) is 10.4. The summed E-state index contributed by atoms with van der Waals surface area (Å²) in [6.07, 6.45) is 1.46. The van der Waals surface area contributed by atoms with Crippen LogP contribution in [-0.2, 0) is 4.79 Å². The van der Waals surface area contributed by atoms with Gasteiger partial charge in [0.1, 0.15) is 5.78 Å². The third kappa shape index (κ3) is 6.49. The normalized spacial score (nSPS) is 16.4. The number of hydrogen-bond acceptors (Lipinski definition) is 3. The molecule has 0 aromatic carbocycles. The fourth-order valence-electron chi connectivity index (χ4n) is 0.809. The van der Waals surface area contributed by atoms with Gasteiger partial charge in [-0.3, -0.25) is 4.79 Å². The summed E-state index contributed by atoms with van der Waals surface area (Å²) in [5.41, 5.74) is 0. The molecular weight excluding hydrogens is 164 g/mol. The van der Waals surface area contributed by atoms with Crippen LogP contribution in [0.5, 0.6) is 0 Å². The fourth-order valence-corrected chi connectivity index (χ4v) is 1.80. The Morgan fingerprint density at radius 1 is 1.50 bits per heavy atom. The Bertz CT molecular complexity index is 112. The lowest BCUT2D eigenvalue weighted by atomic mass is 10.1. The van der Waals surface area contributed by atoms with Gasteiger partial charge in [-0.15, -0.1) is 0 Å². The fraction of sp³-hybridized carbons (Fsp3) is 0.857. The van der Waals surface area contributed by atoms with Gasteiger partial charge in [-0.1, -0.05) is 6.92 Å². The summed E-state index contributed by atoms with van der Waals surface area (Å²) in [4.78, 5) is 10.6. The SMILES string of the molecule is CC(=O)CC(S)CC(C)S. The van der Waals surface area contributed by atoms with Gasteiger partial charge in [0.15, 0.2) is 0 Å². The minimum atomic E-state index is 0.185. The molecule has 1 nitrogen and oxygen atoms in total. The van der Waals surface area contributed by atoms with E-state index in [4.69, 9.17) is 0 Å². The van der Waals surface area contributed by atoms with Crippen molar-refractivity contribution in [1.29, 1.82) is 0 Å². The molecule has 0 N–H and O–H groups in total. The highest BCUT2D eigenvalue weighted by atomic mass is 32.1. The van der Waals surface area contributed by atoms with Gasteiger partial charge in [-0.05, 0) is 18.6 Å². The summed E-state index contributed by atoms with van der Waals surface area (Å²) >= 11 is 8.44. The first-order chi connectivity index (χ1) is 4.52. The van der Waals surface area contributed by atoms with Crippen LogP contribution in [0.1, 0.15) is 26.7 Å². The minimum absolute atomic E-state index is 0.185. The largest absolute Gasteiger partial charge is 0.300 e. The van der Waals surface area contributed by atoms with Gasteiger partial charge in [0.25, 0.3) is 0 Å². The number of ketones is 1. The minimum Gasteiger partial charge on any atom is -0.300 e. The first-order valence-electron chi connectivity index (χ1n) is 3.38. The van der Waals surface area contributed by atoms with E-state index in [-0.39, 0.29) is 11.0 Å². The lowest BCUT2D eigenvalue weighted by Crippen LogP contribution is -2.09. The molecule has 0 heterocycles. The van der Waals surface area contributed by atoms with Crippen molar-refractivity contribution < 1.29 is 4.79 Å². The molecule has 0 fully saturated rings. The van der Waals surface area contributed by atoms with Crippen LogP contribution in [0.25, 0.3) is 0 Å². The number of carbonyl (C=O) groups excluding carboxylic acids is 1. The Morgan fingerprint density at radius 2 is 2.00 bits per heavy atom. The summed E-state index contributed by atoms with van der Waals surface area (Å²) in [7, 11) is 0. The first-order valence-corrected chi connectivity index (χ1v) is 4.41. The van der Waals surface area contributed by atoms with E-state index in [1.807, 2.05) is 6.92 Å². The molecule has 60 valence electrons. The molecule has 0 saturated carbocycles. The van der Waals surface area contributed by atoms with Crippen molar-refractivity contribution in [3.63, 3.8) is 0 Å². The van der Waals surface area contributed by atoms with Crippen LogP contribution in [0, 0.1) is 0 Å². The molecule has 0 aliphatic rings. The summed E-state index contributed by atoms with van der Waals surface area (Å²) in [6, 6.07) is 0. The average Bonchev–Trinajstić information content (AvgIpc) is 1.58. The topological polar surface area (TPSA) is 17.1 Å². The molecule has 0 rings (SSSR count). The summed E-state index contributed by atoms with van der Waals surface area (Å²) in [5.74, 6) is 0.203. The molecule has 0 aromatic heterocycles. The molecule has 0 amide bonds. The van der Waals surface area contributed by atoms with E-state index in [9.17, 15) is 4.79 Å². The highest BCUT2D eigenvalue weighted by molar-refractivity contribution is 7.81. The molecule has 2 unspecified atom stereocenters. The van der Waals surface area contributed by atoms with Gasteiger partial charge in [-0.25, -0.2) is 0 Å². The van der Waals surface area contributed by atoms with Gasteiger partial charge in [0.05, 0.1) is 0 Å². The molecule has 10 heavy (non-hydrogen) atoms. The molecule has 0 radical (unpaired) electrons. The molecule has 3 heteroatoms. The molecule has 0 bridgehead atoms. The smallest absolute Gasteiger partial charge is 0.130 e. The van der Waals surface area contributed by atoms with Crippen LogP contribution in [0.4, 0.5) is 0 Å². The third-order valence-electron chi connectivity index (χ3n) is 1.14. The zero-order valence-corrected chi connectivity index (χ0v) is 8.16. The molecule has 0 aromatic rings. The van der Waals surface area contributed by atoms with Crippen LogP contribution < -0.4 is 0 Å². The average molecular weight is 178 g/mol. The second kappa shape index (κ2) is 5.08. The molecule has 0 aliphatic heterocycles. The molecule has 0 saturated heterocycles. The second-order valence-corrected chi connectivity index (χ2v) is 4.26. The van der Waals surface area contributed by atoms with Gasteiger partial charge in [0, 0.05) is 11.7 Å². The second-order valence-electron chi connectivity index (χ2n) is 2.64. The van der Waals surface area contributed by atoms with Crippen molar-refractivity contribution in [3.05, 3.63) is 0 Å². The van der Waals surface area contributed by atoms with Crippen LogP contribution in [0.2, 0.25) is 0 Å². The van der Waals surface area contributed by atoms with Crippen LogP contribution >= 0.6 is 25.3 Å². The number of Topliss-reactive ketones (excluding diaryl/α,β-unsaturated/α-hetero) is 1. The lowest BCUT2D eigenvalue weighted by Gasteiger charge is -2.09. The highest BCUT2D eigenvalue weighted by Gasteiger charge is 2.07. The predicted molar refractivity (Wildman–Crippen MR) is 51.1 cm³/mol. The molecule has 0 spiro atoms. The number of thiol groups is 2. The quantitative estimate of drug-likeness (QED) is 0.629. The maximum atomic E-state index is 10.6. The van der Waals surface area contributed by atoms with Gasteiger partial charge < -0.3 is 0 Å². The van der Waals surface area contributed by atoms with Gasteiger partial charge in [-0.2, -0.15) is 25.3 Å². The standard InChI is InChI=1S/C7H14OS2/c1-5(8)3-7(10)4-6(2)9/h6-7,9-10H,3-4H2,1-2H3. The number of carbonyl (C=O) groups is 1. The van der Waals surface area contributed by atoms with E-state index in [2.05, 4.69) is 25.3 Å². The van der Waals surface area contributed by atoms with Crippen molar-refractivity contribution in [2.75, 3.05) is 0 Å². The van der Waals surface area contributed by atoms with Gasteiger partial charge in [0.2, 0.25) is 0 Å². The maximum Gasteiger partial charge on any atom is 0.130 e. The Morgan fingerprint density at radius 3 is 2.30 bits per heavy atom. The van der Waals surface area contributed by atoms with Crippen molar-refractivity contribution in [3.8, 4) is 0 Å². The van der Waals surface area contributed by atoms with E-state index in [0.29, 0.717) is 11.7 Å². The van der Waals surface area contributed by atoms with Crippen molar-refractivity contribution in [1.82, 2.24) is 0 Å². The lowest BCUT2D eigenvalue weighted by molar-refractivity contribution is -0.116. The highest BCUT2D eigenvalue weighted by Crippen LogP contribution is 2.12.